The minimum atomic E-state index is -0.382. The van der Waals surface area contributed by atoms with Crippen LogP contribution in [0.15, 0.2) is 36.5 Å². The number of nitriles is 1. The number of aryl methyl sites for hydroxylation is 1. The number of benzene rings is 1. The Morgan fingerprint density at radius 2 is 2.15 bits per heavy atom. The molecule has 0 fully saturated rings. The first kappa shape index (κ1) is 14.2. The van der Waals surface area contributed by atoms with Gasteiger partial charge in [0, 0.05) is 19.3 Å². The third kappa shape index (κ3) is 3.62. The van der Waals surface area contributed by atoms with Gasteiger partial charge in [-0.25, -0.2) is 4.39 Å². The second-order valence-corrected chi connectivity index (χ2v) is 4.53. The van der Waals surface area contributed by atoms with Gasteiger partial charge in [-0.15, -0.1) is 0 Å². The normalized spacial score (nSPS) is 10.2. The van der Waals surface area contributed by atoms with E-state index in [-0.39, 0.29) is 5.82 Å². The highest BCUT2D eigenvalue weighted by molar-refractivity contribution is 5.33. The van der Waals surface area contributed by atoms with Crippen molar-refractivity contribution in [1.82, 2.24) is 10.3 Å². The predicted octanol–water partition coefficient (Wildman–Crippen LogP) is 2.94. The Morgan fingerprint density at radius 3 is 2.90 bits per heavy atom. The summed E-state index contributed by atoms with van der Waals surface area (Å²) in [6.45, 7) is 3.22. The molecule has 0 aliphatic carbocycles. The van der Waals surface area contributed by atoms with Crippen molar-refractivity contribution in [3.8, 4) is 6.07 Å². The van der Waals surface area contributed by atoms with Gasteiger partial charge in [0.1, 0.15) is 5.82 Å². The van der Waals surface area contributed by atoms with Crippen molar-refractivity contribution in [3.63, 3.8) is 0 Å². The van der Waals surface area contributed by atoms with Crippen molar-refractivity contribution >= 4 is 0 Å². The van der Waals surface area contributed by atoms with E-state index in [4.69, 9.17) is 5.26 Å². The highest BCUT2D eigenvalue weighted by atomic mass is 19.1. The Bertz CT molecular complexity index is 632. The van der Waals surface area contributed by atoms with Gasteiger partial charge in [0.05, 0.1) is 17.3 Å². The van der Waals surface area contributed by atoms with E-state index in [1.165, 1.54) is 17.7 Å². The number of hydrogen-bond acceptors (Lipinski definition) is 3. The Labute approximate surface area is 118 Å². The fraction of sp³-hybridized carbons (Fsp3) is 0.250. The maximum Gasteiger partial charge on any atom is 0.124 e. The zero-order chi connectivity index (χ0) is 14.4. The molecular weight excluding hydrogens is 253 g/mol. The lowest BCUT2D eigenvalue weighted by molar-refractivity contribution is 0.618. The lowest BCUT2D eigenvalue weighted by Crippen LogP contribution is -2.15. The zero-order valence-corrected chi connectivity index (χ0v) is 11.4. The lowest BCUT2D eigenvalue weighted by atomic mass is 10.1. The molecule has 0 saturated heterocycles. The molecule has 0 radical (unpaired) electrons. The molecule has 2 aromatic rings. The molecule has 0 amide bonds. The topological polar surface area (TPSA) is 48.7 Å². The molecule has 3 nitrogen and oxygen atoms in total. The molecule has 1 heterocycles. The van der Waals surface area contributed by atoms with Gasteiger partial charge in [-0.3, -0.25) is 4.98 Å². The number of hydrogen-bond donors (Lipinski definition) is 1. The van der Waals surface area contributed by atoms with E-state index in [1.54, 1.807) is 12.3 Å². The third-order valence-electron chi connectivity index (χ3n) is 3.07. The highest BCUT2D eigenvalue weighted by Gasteiger charge is 2.03. The molecule has 4 heteroatoms. The summed E-state index contributed by atoms with van der Waals surface area (Å²) in [5.74, 6) is -0.382. The van der Waals surface area contributed by atoms with Gasteiger partial charge in [-0.2, -0.15) is 5.26 Å². The number of nitrogens with zero attached hydrogens (tertiary/aromatic N) is 2. The van der Waals surface area contributed by atoms with Gasteiger partial charge in [0.25, 0.3) is 0 Å². The van der Waals surface area contributed by atoms with Gasteiger partial charge in [-0.1, -0.05) is 13.0 Å². The summed E-state index contributed by atoms with van der Waals surface area (Å²) >= 11 is 0. The Morgan fingerprint density at radius 1 is 1.30 bits per heavy atom. The fourth-order valence-corrected chi connectivity index (χ4v) is 2.09. The first-order chi connectivity index (χ1) is 9.72. The average Bonchev–Trinajstić information content (AvgIpc) is 2.47. The van der Waals surface area contributed by atoms with E-state index in [2.05, 4.69) is 23.3 Å². The van der Waals surface area contributed by atoms with Crippen LogP contribution in [-0.4, -0.2) is 4.98 Å². The van der Waals surface area contributed by atoms with Crippen molar-refractivity contribution in [3.05, 3.63) is 64.7 Å². The molecule has 0 aliphatic heterocycles. The summed E-state index contributed by atoms with van der Waals surface area (Å²) in [5, 5.41) is 12.0. The Balaban J connectivity index is 1.99. The van der Waals surface area contributed by atoms with Crippen molar-refractivity contribution in [2.24, 2.45) is 0 Å². The van der Waals surface area contributed by atoms with Crippen LogP contribution in [0.3, 0.4) is 0 Å². The fourth-order valence-electron chi connectivity index (χ4n) is 2.09. The van der Waals surface area contributed by atoms with Crippen LogP contribution in [0.5, 0.6) is 0 Å². The summed E-state index contributed by atoms with van der Waals surface area (Å²) in [4.78, 5) is 4.34. The summed E-state index contributed by atoms with van der Waals surface area (Å²) in [6, 6.07) is 10.3. The van der Waals surface area contributed by atoms with Crippen LogP contribution in [0.25, 0.3) is 0 Å². The smallest absolute Gasteiger partial charge is 0.124 e. The summed E-state index contributed by atoms with van der Waals surface area (Å²) in [7, 11) is 0. The van der Waals surface area contributed by atoms with Gasteiger partial charge < -0.3 is 5.32 Å². The van der Waals surface area contributed by atoms with Crippen molar-refractivity contribution in [2.45, 2.75) is 26.4 Å². The standard InChI is InChI=1S/C16H16FN3/c1-2-14-4-3-5-20-16(14)11-19-10-13-6-12(9-18)7-15(17)8-13/h3-8,19H,2,10-11H2,1H3. The number of aromatic nitrogens is 1. The molecule has 1 N–H and O–H groups in total. The number of nitrogens with one attached hydrogen (secondary N) is 1. The quantitative estimate of drug-likeness (QED) is 0.908. The summed E-state index contributed by atoms with van der Waals surface area (Å²) in [6.07, 6.45) is 2.70. The second-order valence-electron chi connectivity index (χ2n) is 4.53. The molecule has 0 spiro atoms. The van der Waals surface area contributed by atoms with Gasteiger partial charge >= 0.3 is 0 Å². The first-order valence-corrected chi connectivity index (χ1v) is 6.56. The Kier molecular flexibility index (Phi) is 4.80. The summed E-state index contributed by atoms with van der Waals surface area (Å²) in [5.41, 5.74) is 3.31. The molecule has 0 unspecified atom stereocenters. The summed E-state index contributed by atoms with van der Waals surface area (Å²) < 4.78 is 13.3. The van der Waals surface area contributed by atoms with Crippen LogP contribution >= 0.6 is 0 Å². The minimum absolute atomic E-state index is 0.342. The number of rotatable bonds is 5. The van der Waals surface area contributed by atoms with E-state index in [1.807, 2.05) is 12.1 Å². The molecular formula is C16H16FN3. The lowest BCUT2D eigenvalue weighted by Gasteiger charge is -2.08. The van der Waals surface area contributed by atoms with Crippen LogP contribution in [0.1, 0.15) is 29.3 Å². The maximum absolute atomic E-state index is 13.3. The van der Waals surface area contributed by atoms with Crippen molar-refractivity contribution in [2.75, 3.05) is 0 Å². The van der Waals surface area contributed by atoms with Crippen LogP contribution in [-0.2, 0) is 19.5 Å². The van der Waals surface area contributed by atoms with Crippen molar-refractivity contribution in [1.29, 1.82) is 5.26 Å². The van der Waals surface area contributed by atoms with E-state index < -0.39 is 0 Å². The second kappa shape index (κ2) is 6.78. The van der Waals surface area contributed by atoms with Gasteiger partial charge in [0.15, 0.2) is 0 Å². The number of pyridine rings is 1. The molecule has 102 valence electrons. The largest absolute Gasteiger partial charge is 0.307 e. The highest BCUT2D eigenvalue weighted by Crippen LogP contribution is 2.09. The van der Waals surface area contributed by atoms with Gasteiger partial charge in [0.2, 0.25) is 0 Å². The van der Waals surface area contributed by atoms with E-state index in [9.17, 15) is 4.39 Å². The van der Waals surface area contributed by atoms with Crippen LogP contribution < -0.4 is 5.32 Å². The molecule has 20 heavy (non-hydrogen) atoms. The predicted molar refractivity (Wildman–Crippen MR) is 75.3 cm³/mol. The molecule has 1 aromatic carbocycles. The van der Waals surface area contributed by atoms with Crippen LogP contribution in [0.2, 0.25) is 0 Å². The molecule has 0 saturated carbocycles. The van der Waals surface area contributed by atoms with E-state index in [0.29, 0.717) is 18.7 Å². The minimum Gasteiger partial charge on any atom is -0.307 e. The van der Waals surface area contributed by atoms with Gasteiger partial charge in [-0.05, 0) is 41.8 Å². The third-order valence-corrected chi connectivity index (χ3v) is 3.07. The van der Waals surface area contributed by atoms with E-state index >= 15 is 0 Å². The molecule has 0 bridgehead atoms. The van der Waals surface area contributed by atoms with E-state index in [0.717, 1.165) is 17.7 Å². The molecule has 2 rings (SSSR count). The van der Waals surface area contributed by atoms with Crippen LogP contribution in [0.4, 0.5) is 4.39 Å². The first-order valence-electron chi connectivity index (χ1n) is 6.56. The average molecular weight is 269 g/mol. The Hall–Kier alpha value is -2.25. The van der Waals surface area contributed by atoms with Crippen molar-refractivity contribution < 1.29 is 4.39 Å². The number of halogens is 1. The monoisotopic (exact) mass is 269 g/mol. The molecule has 0 atom stereocenters. The zero-order valence-electron chi connectivity index (χ0n) is 11.4. The maximum atomic E-state index is 13.3. The van der Waals surface area contributed by atoms with Crippen LogP contribution in [0, 0.1) is 17.1 Å². The SMILES string of the molecule is CCc1cccnc1CNCc1cc(F)cc(C#N)c1. The molecule has 0 aliphatic rings. The molecule has 1 aromatic heterocycles.